The van der Waals surface area contributed by atoms with Gasteiger partial charge in [-0.25, -0.2) is 4.98 Å². The van der Waals surface area contributed by atoms with Crippen LogP contribution >= 0.6 is 23.6 Å². The first-order chi connectivity index (χ1) is 10.2. The molecular weight excluding hydrogens is 298 g/mol. The van der Waals surface area contributed by atoms with Crippen LogP contribution in [-0.2, 0) is 19.4 Å². The molecule has 1 aromatic carbocycles. The molecular formula is C16H19N3S2. The molecule has 2 aromatic rings. The number of nitrogens with one attached hydrogen (secondary N) is 2. The summed E-state index contributed by atoms with van der Waals surface area (Å²) in [7, 11) is 0. The smallest absolute Gasteiger partial charge is 0.189 e. The van der Waals surface area contributed by atoms with Gasteiger partial charge >= 0.3 is 0 Å². The number of hydrogen-bond donors (Lipinski definition) is 2. The Kier molecular flexibility index (Phi) is 4.51. The van der Waals surface area contributed by atoms with Crippen LogP contribution in [0.4, 0.5) is 5.13 Å². The zero-order valence-corrected chi connectivity index (χ0v) is 13.7. The van der Waals surface area contributed by atoms with Crippen molar-refractivity contribution in [3.63, 3.8) is 0 Å². The Morgan fingerprint density at radius 3 is 3.00 bits per heavy atom. The van der Waals surface area contributed by atoms with Crippen LogP contribution < -0.4 is 10.6 Å². The van der Waals surface area contributed by atoms with Crippen molar-refractivity contribution in [2.75, 3.05) is 5.32 Å². The minimum atomic E-state index is 0.637. The minimum Gasteiger partial charge on any atom is -0.358 e. The van der Waals surface area contributed by atoms with Gasteiger partial charge < -0.3 is 10.6 Å². The lowest BCUT2D eigenvalue weighted by Gasteiger charge is -2.15. The molecule has 2 N–H and O–H groups in total. The molecule has 0 saturated carbocycles. The summed E-state index contributed by atoms with van der Waals surface area (Å²) in [6.45, 7) is 3.04. The van der Waals surface area contributed by atoms with E-state index in [4.69, 9.17) is 12.2 Å². The summed E-state index contributed by atoms with van der Waals surface area (Å²) >= 11 is 7.08. The van der Waals surface area contributed by atoms with E-state index in [1.165, 1.54) is 22.6 Å². The van der Waals surface area contributed by atoms with Crippen molar-refractivity contribution in [3.8, 4) is 0 Å². The van der Waals surface area contributed by atoms with E-state index in [1.54, 1.807) is 11.3 Å². The van der Waals surface area contributed by atoms with Gasteiger partial charge in [0.1, 0.15) is 0 Å². The molecule has 0 amide bonds. The SMILES string of the molecule is CC1CCc2nc(NC(=S)NCc3ccccc3)sc2C1. The molecule has 0 spiro atoms. The molecule has 0 fully saturated rings. The van der Waals surface area contributed by atoms with E-state index in [-0.39, 0.29) is 0 Å². The van der Waals surface area contributed by atoms with Crippen LogP contribution in [0.3, 0.4) is 0 Å². The highest BCUT2D eigenvalue weighted by molar-refractivity contribution is 7.80. The predicted molar refractivity (Wildman–Crippen MR) is 92.8 cm³/mol. The third-order valence-electron chi connectivity index (χ3n) is 3.70. The maximum Gasteiger partial charge on any atom is 0.189 e. The number of fused-ring (bicyclic) bond motifs is 1. The Morgan fingerprint density at radius 1 is 1.38 bits per heavy atom. The number of rotatable bonds is 3. The average molecular weight is 317 g/mol. The Morgan fingerprint density at radius 2 is 2.19 bits per heavy atom. The first kappa shape index (κ1) is 14.5. The largest absolute Gasteiger partial charge is 0.358 e. The van der Waals surface area contributed by atoms with Crippen molar-refractivity contribution in [1.29, 1.82) is 0 Å². The van der Waals surface area contributed by atoms with Crippen molar-refractivity contribution in [2.45, 2.75) is 32.7 Å². The van der Waals surface area contributed by atoms with Crippen LogP contribution in [0.1, 0.15) is 29.5 Å². The van der Waals surface area contributed by atoms with E-state index in [0.717, 1.165) is 30.4 Å². The normalized spacial score (nSPS) is 17.1. The van der Waals surface area contributed by atoms with E-state index in [9.17, 15) is 0 Å². The molecule has 110 valence electrons. The van der Waals surface area contributed by atoms with Gasteiger partial charge in [-0.2, -0.15) is 0 Å². The van der Waals surface area contributed by atoms with Gasteiger partial charge in [0.15, 0.2) is 10.2 Å². The van der Waals surface area contributed by atoms with Gasteiger partial charge in [-0.15, -0.1) is 11.3 Å². The lowest BCUT2D eigenvalue weighted by Crippen LogP contribution is -2.27. The van der Waals surface area contributed by atoms with E-state index in [2.05, 4.69) is 34.7 Å². The lowest BCUT2D eigenvalue weighted by atomic mass is 9.93. The second-order valence-electron chi connectivity index (χ2n) is 5.53. The van der Waals surface area contributed by atoms with E-state index >= 15 is 0 Å². The number of aryl methyl sites for hydroxylation is 1. The fraction of sp³-hybridized carbons (Fsp3) is 0.375. The number of benzene rings is 1. The van der Waals surface area contributed by atoms with Gasteiger partial charge in [0.25, 0.3) is 0 Å². The maximum absolute atomic E-state index is 5.34. The molecule has 0 aliphatic heterocycles. The average Bonchev–Trinajstić information content (AvgIpc) is 2.87. The number of anilines is 1. The van der Waals surface area contributed by atoms with Crippen molar-refractivity contribution in [3.05, 3.63) is 46.5 Å². The third kappa shape index (κ3) is 3.80. The highest BCUT2D eigenvalue weighted by Crippen LogP contribution is 2.31. The molecule has 5 heteroatoms. The Hall–Kier alpha value is -1.46. The molecule has 3 rings (SSSR count). The number of nitrogens with zero attached hydrogens (tertiary/aromatic N) is 1. The molecule has 1 unspecified atom stereocenters. The molecule has 0 saturated heterocycles. The van der Waals surface area contributed by atoms with Crippen molar-refractivity contribution >= 4 is 33.8 Å². The second-order valence-corrected chi connectivity index (χ2v) is 7.02. The Labute approximate surface area is 134 Å². The summed E-state index contributed by atoms with van der Waals surface area (Å²) in [4.78, 5) is 6.08. The van der Waals surface area contributed by atoms with Gasteiger partial charge in [-0.3, -0.25) is 0 Å². The first-order valence-corrected chi connectivity index (χ1v) is 8.50. The molecule has 1 aliphatic carbocycles. The van der Waals surface area contributed by atoms with Crippen molar-refractivity contribution in [2.24, 2.45) is 5.92 Å². The van der Waals surface area contributed by atoms with Crippen LogP contribution in [0.5, 0.6) is 0 Å². The van der Waals surface area contributed by atoms with Gasteiger partial charge in [0.05, 0.1) is 5.69 Å². The molecule has 1 atom stereocenters. The fourth-order valence-electron chi connectivity index (χ4n) is 2.51. The number of hydrogen-bond acceptors (Lipinski definition) is 3. The predicted octanol–water partition coefficient (Wildman–Crippen LogP) is 3.75. The second kappa shape index (κ2) is 6.54. The van der Waals surface area contributed by atoms with E-state index in [0.29, 0.717) is 5.11 Å². The highest BCUT2D eigenvalue weighted by Gasteiger charge is 2.19. The Balaban J connectivity index is 1.55. The monoisotopic (exact) mass is 317 g/mol. The summed E-state index contributed by atoms with van der Waals surface area (Å²) in [6, 6.07) is 10.2. The summed E-state index contributed by atoms with van der Waals surface area (Å²) < 4.78 is 0. The molecule has 1 aliphatic rings. The summed E-state index contributed by atoms with van der Waals surface area (Å²) in [5.74, 6) is 0.772. The summed E-state index contributed by atoms with van der Waals surface area (Å²) in [5.41, 5.74) is 2.47. The van der Waals surface area contributed by atoms with Crippen LogP contribution in [0.2, 0.25) is 0 Å². The number of thiazole rings is 1. The Bertz CT molecular complexity index is 622. The van der Waals surface area contributed by atoms with Gasteiger partial charge in [0.2, 0.25) is 0 Å². The van der Waals surface area contributed by atoms with Crippen molar-refractivity contribution in [1.82, 2.24) is 10.3 Å². The number of thiocarbonyl (C=S) groups is 1. The molecule has 1 aromatic heterocycles. The molecule has 1 heterocycles. The number of aromatic nitrogens is 1. The topological polar surface area (TPSA) is 37.0 Å². The van der Waals surface area contributed by atoms with Crippen LogP contribution in [-0.4, -0.2) is 10.1 Å². The third-order valence-corrected chi connectivity index (χ3v) is 4.98. The van der Waals surface area contributed by atoms with Gasteiger partial charge in [-0.1, -0.05) is 37.3 Å². The quantitative estimate of drug-likeness (QED) is 0.845. The fourth-order valence-corrected chi connectivity index (χ4v) is 3.92. The lowest BCUT2D eigenvalue weighted by molar-refractivity contribution is 0.502. The molecule has 3 nitrogen and oxygen atoms in total. The summed E-state index contributed by atoms with van der Waals surface area (Å²) in [5, 5.41) is 7.99. The molecule has 0 radical (unpaired) electrons. The van der Waals surface area contributed by atoms with E-state index < -0.39 is 0 Å². The van der Waals surface area contributed by atoms with Gasteiger partial charge in [-0.05, 0) is 43.0 Å². The van der Waals surface area contributed by atoms with Crippen molar-refractivity contribution < 1.29 is 0 Å². The maximum atomic E-state index is 5.34. The highest BCUT2D eigenvalue weighted by atomic mass is 32.1. The van der Waals surface area contributed by atoms with Crippen LogP contribution in [0.15, 0.2) is 30.3 Å². The van der Waals surface area contributed by atoms with Gasteiger partial charge in [0, 0.05) is 11.4 Å². The van der Waals surface area contributed by atoms with Crippen LogP contribution in [0.25, 0.3) is 0 Å². The first-order valence-electron chi connectivity index (χ1n) is 7.28. The minimum absolute atomic E-state index is 0.637. The standard InChI is InChI=1S/C16H19N3S2/c1-11-7-8-13-14(9-11)21-16(18-13)19-15(20)17-10-12-5-3-2-4-6-12/h2-6,11H,7-10H2,1H3,(H2,17,18,19,20). The zero-order valence-electron chi connectivity index (χ0n) is 12.1. The molecule has 0 bridgehead atoms. The van der Waals surface area contributed by atoms with E-state index in [1.807, 2.05) is 18.2 Å². The summed E-state index contributed by atoms with van der Waals surface area (Å²) in [6.07, 6.45) is 3.49. The zero-order chi connectivity index (χ0) is 14.7. The molecule has 21 heavy (non-hydrogen) atoms. The van der Waals surface area contributed by atoms with Crippen LogP contribution in [0, 0.1) is 5.92 Å².